The standard InChI is InChI=1S/C21H13BrClFN2O2S/c22-13-5-4-12-11-26(21(28)16(12)10-13)25-20(27)19-17(24)2-1-3-18(19)29-15-8-6-14(23)7-9-15/h1-10H,11H2,(H,25,27). The van der Waals surface area contributed by atoms with Crippen LogP contribution in [0.4, 0.5) is 4.39 Å². The Kier molecular flexibility index (Phi) is 5.63. The lowest BCUT2D eigenvalue weighted by molar-refractivity contribution is 0.0599. The van der Waals surface area contributed by atoms with Crippen molar-refractivity contribution in [2.24, 2.45) is 0 Å². The van der Waals surface area contributed by atoms with Crippen molar-refractivity contribution < 1.29 is 14.0 Å². The van der Waals surface area contributed by atoms with Gasteiger partial charge in [-0.05, 0) is 54.1 Å². The van der Waals surface area contributed by atoms with E-state index in [0.717, 1.165) is 14.9 Å². The maximum Gasteiger partial charge on any atom is 0.274 e. The van der Waals surface area contributed by atoms with Crippen molar-refractivity contribution in [3.63, 3.8) is 0 Å². The lowest BCUT2D eigenvalue weighted by Gasteiger charge is -2.18. The molecule has 3 aromatic rings. The molecule has 0 saturated carbocycles. The molecule has 146 valence electrons. The summed E-state index contributed by atoms with van der Waals surface area (Å²) >= 11 is 10.5. The molecular weight excluding hydrogens is 479 g/mol. The van der Waals surface area contributed by atoms with E-state index in [1.54, 1.807) is 42.5 Å². The van der Waals surface area contributed by atoms with Gasteiger partial charge in [-0.15, -0.1) is 0 Å². The second-order valence-corrected chi connectivity index (χ2v) is 8.77. The Hall–Kier alpha value is -2.35. The second kappa shape index (κ2) is 8.18. The summed E-state index contributed by atoms with van der Waals surface area (Å²) in [5, 5.41) is 1.79. The van der Waals surface area contributed by atoms with Crippen LogP contribution in [0.5, 0.6) is 0 Å². The fourth-order valence-electron chi connectivity index (χ4n) is 2.98. The van der Waals surface area contributed by atoms with E-state index in [9.17, 15) is 14.0 Å². The van der Waals surface area contributed by atoms with Crippen LogP contribution in [0.1, 0.15) is 26.3 Å². The number of amides is 2. The highest BCUT2D eigenvalue weighted by atomic mass is 79.9. The molecule has 8 heteroatoms. The van der Waals surface area contributed by atoms with E-state index in [0.29, 0.717) is 15.5 Å². The number of carbonyl (C=O) groups excluding carboxylic acids is 2. The molecule has 0 aliphatic carbocycles. The van der Waals surface area contributed by atoms with Crippen molar-refractivity contribution in [3.8, 4) is 0 Å². The van der Waals surface area contributed by atoms with Gasteiger partial charge in [-0.2, -0.15) is 0 Å². The molecule has 3 aromatic carbocycles. The first-order valence-corrected chi connectivity index (χ1v) is 10.5. The summed E-state index contributed by atoms with van der Waals surface area (Å²) in [6.45, 7) is 0.224. The second-order valence-electron chi connectivity index (χ2n) is 6.30. The Labute approximate surface area is 184 Å². The van der Waals surface area contributed by atoms with Crippen LogP contribution in [0, 0.1) is 5.82 Å². The number of hydrogen-bond donors (Lipinski definition) is 1. The first kappa shape index (κ1) is 19.9. The largest absolute Gasteiger partial charge is 0.274 e. The third-order valence-corrected chi connectivity index (χ3v) is 6.17. The fourth-order valence-corrected chi connectivity index (χ4v) is 4.43. The molecule has 0 atom stereocenters. The lowest BCUT2D eigenvalue weighted by atomic mass is 10.1. The van der Waals surface area contributed by atoms with Crippen LogP contribution in [0.3, 0.4) is 0 Å². The topological polar surface area (TPSA) is 49.4 Å². The number of hydrogen-bond acceptors (Lipinski definition) is 3. The average Bonchev–Trinajstić information content (AvgIpc) is 2.99. The van der Waals surface area contributed by atoms with Crippen LogP contribution in [0.2, 0.25) is 5.02 Å². The van der Waals surface area contributed by atoms with Gasteiger partial charge >= 0.3 is 0 Å². The van der Waals surface area contributed by atoms with Crippen molar-refractivity contribution in [3.05, 3.63) is 92.7 Å². The molecule has 4 nitrogen and oxygen atoms in total. The summed E-state index contributed by atoms with van der Waals surface area (Å²) in [6.07, 6.45) is 0. The molecule has 2 amide bonds. The predicted octanol–water partition coefficient (Wildman–Crippen LogP) is 5.69. The third kappa shape index (κ3) is 4.17. The van der Waals surface area contributed by atoms with Gasteiger partial charge in [-0.1, -0.05) is 51.4 Å². The van der Waals surface area contributed by atoms with Gasteiger partial charge in [0.05, 0.1) is 12.1 Å². The molecule has 1 N–H and O–H groups in total. The SMILES string of the molecule is O=C(NN1Cc2ccc(Br)cc2C1=O)c1c(F)cccc1Sc1ccc(Cl)cc1. The zero-order valence-corrected chi connectivity index (χ0v) is 17.9. The number of halogens is 3. The molecule has 0 aromatic heterocycles. The third-order valence-electron chi connectivity index (χ3n) is 4.36. The number of fused-ring (bicyclic) bond motifs is 1. The number of benzene rings is 3. The summed E-state index contributed by atoms with van der Waals surface area (Å²) in [7, 11) is 0. The molecule has 4 rings (SSSR count). The van der Waals surface area contributed by atoms with Crippen molar-refractivity contribution in [1.82, 2.24) is 10.4 Å². The maximum absolute atomic E-state index is 14.5. The van der Waals surface area contributed by atoms with Gasteiger partial charge < -0.3 is 0 Å². The zero-order valence-electron chi connectivity index (χ0n) is 14.8. The van der Waals surface area contributed by atoms with E-state index >= 15 is 0 Å². The van der Waals surface area contributed by atoms with Gasteiger partial charge in [0.15, 0.2) is 0 Å². The number of nitrogens with zero attached hydrogens (tertiary/aromatic N) is 1. The number of carbonyl (C=O) groups is 2. The molecule has 0 radical (unpaired) electrons. The van der Waals surface area contributed by atoms with E-state index in [2.05, 4.69) is 21.4 Å². The Morgan fingerprint density at radius 1 is 1.14 bits per heavy atom. The van der Waals surface area contributed by atoms with Crippen molar-refractivity contribution >= 4 is 51.1 Å². The van der Waals surface area contributed by atoms with E-state index in [4.69, 9.17) is 11.6 Å². The summed E-state index contributed by atoms with van der Waals surface area (Å²) in [4.78, 5) is 26.7. The van der Waals surface area contributed by atoms with Crippen LogP contribution in [0.25, 0.3) is 0 Å². The predicted molar refractivity (Wildman–Crippen MR) is 113 cm³/mol. The number of rotatable bonds is 4. The monoisotopic (exact) mass is 490 g/mol. The molecule has 1 aliphatic heterocycles. The first-order chi connectivity index (χ1) is 13.9. The van der Waals surface area contributed by atoms with Crippen molar-refractivity contribution in [2.75, 3.05) is 0 Å². The van der Waals surface area contributed by atoms with Gasteiger partial charge in [0, 0.05) is 24.8 Å². The van der Waals surface area contributed by atoms with Gasteiger partial charge in [-0.3, -0.25) is 15.0 Å². The highest BCUT2D eigenvalue weighted by molar-refractivity contribution is 9.10. The average molecular weight is 492 g/mol. The van der Waals surface area contributed by atoms with Gasteiger partial charge in [-0.25, -0.2) is 9.40 Å². The summed E-state index contributed by atoms with van der Waals surface area (Å²) < 4.78 is 15.3. The molecule has 0 spiro atoms. The van der Waals surface area contributed by atoms with Crippen LogP contribution in [-0.4, -0.2) is 16.8 Å². The number of hydrazine groups is 1. The zero-order chi connectivity index (χ0) is 20.5. The van der Waals surface area contributed by atoms with E-state index in [1.807, 2.05) is 12.1 Å². The van der Waals surface area contributed by atoms with Gasteiger partial charge in [0.25, 0.3) is 11.8 Å². The highest BCUT2D eigenvalue weighted by Crippen LogP contribution is 2.33. The maximum atomic E-state index is 14.5. The minimum Gasteiger partial charge on any atom is -0.267 e. The molecule has 0 bridgehead atoms. The Morgan fingerprint density at radius 2 is 1.90 bits per heavy atom. The normalized spacial score (nSPS) is 12.8. The molecule has 0 fully saturated rings. The Bertz CT molecular complexity index is 1120. The van der Waals surface area contributed by atoms with Crippen LogP contribution >= 0.6 is 39.3 Å². The lowest BCUT2D eigenvalue weighted by Crippen LogP contribution is -2.42. The minimum absolute atomic E-state index is 0.114. The first-order valence-electron chi connectivity index (χ1n) is 8.55. The van der Waals surface area contributed by atoms with Crippen molar-refractivity contribution in [2.45, 2.75) is 16.3 Å². The van der Waals surface area contributed by atoms with E-state index in [1.165, 1.54) is 22.8 Å². The summed E-state index contributed by atoms with van der Waals surface area (Å²) in [5.74, 6) is -1.67. The minimum atomic E-state index is -0.681. The fraction of sp³-hybridized carbons (Fsp3) is 0.0476. The highest BCUT2D eigenvalue weighted by Gasteiger charge is 2.30. The molecule has 29 heavy (non-hydrogen) atoms. The molecular formula is C21H13BrClFN2O2S. The summed E-state index contributed by atoms with van der Waals surface area (Å²) in [6, 6.07) is 16.8. The van der Waals surface area contributed by atoms with Crippen LogP contribution < -0.4 is 5.43 Å². The van der Waals surface area contributed by atoms with E-state index < -0.39 is 11.7 Å². The van der Waals surface area contributed by atoms with Gasteiger partial charge in [0.2, 0.25) is 0 Å². The summed E-state index contributed by atoms with van der Waals surface area (Å²) in [5.41, 5.74) is 3.73. The quantitative estimate of drug-likeness (QED) is 0.510. The van der Waals surface area contributed by atoms with Crippen molar-refractivity contribution in [1.29, 1.82) is 0 Å². The molecule has 0 unspecified atom stereocenters. The molecule has 0 saturated heterocycles. The van der Waals surface area contributed by atoms with Crippen LogP contribution in [0.15, 0.2) is 74.9 Å². The smallest absolute Gasteiger partial charge is 0.267 e. The Morgan fingerprint density at radius 3 is 2.66 bits per heavy atom. The van der Waals surface area contributed by atoms with Crippen LogP contribution in [-0.2, 0) is 6.54 Å². The molecule has 1 aliphatic rings. The Balaban J connectivity index is 1.58. The molecule has 1 heterocycles. The number of nitrogens with one attached hydrogen (secondary N) is 1. The van der Waals surface area contributed by atoms with Gasteiger partial charge in [0.1, 0.15) is 5.82 Å². The van der Waals surface area contributed by atoms with E-state index in [-0.39, 0.29) is 18.0 Å².